The molecule has 2 aromatic carbocycles. The molecule has 6 nitrogen and oxygen atoms in total. The van der Waals surface area contributed by atoms with Gasteiger partial charge >= 0.3 is 6.03 Å². The molecule has 1 aliphatic heterocycles. The largest absolute Gasteiger partial charge is 0.360 e. The van der Waals surface area contributed by atoms with Gasteiger partial charge in [0.25, 0.3) is 0 Å². The number of aromatic amines is 1. The number of aromatic nitrogens is 1. The third-order valence-electron chi connectivity index (χ3n) is 5.20. The van der Waals surface area contributed by atoms with Crippen LogP contribution in [-0.4, -0.2) is 59.3 Å². The molecule has 144 valence electrons. The smallest absolute Gasteiger partial charge is 0.317 e. The molecular weight excluding hydrogens is 352 g/mol. The summed E-state index contributed by atoms with van der Waals surface area (Å²) in [5, 5.41) is 3.93. The summed E-state index contributed by atoms with van der Waals surface area (Å²) in [6.45, 7) is 3.56. The van der Waals surface area contributed by atoms with Gasteiger partial charge in [0.05, 0.1) is 6.54 Å². The number of carbonyl (C=O) groups excluding carboxylic acids is 2. The molecule has 4 rings (SSSR count). The lowest BCUT2D eigenvalue weighted by Gasteiger charge is -2.34. The number of ketones is 1. The summed E-state index contributed by atoms with van der Waals surface area (Å²) in [6, 6.07) is 17.7. The van der Waals surface area contributed by atoms with Crippen LogP contribution in [0.25, 0.3) is 10.9 Å². The number of amides is 2. The van der Waals surface area contributed by atoms with Crippen molar-refractivity contribution >= 4 is 22.7 Å². The molecule has 0 unspecified atom stereocenters. The van der Waals surface area contributed by atoms with Crippen LogP contribution < -0.4 is 5.32 Å². The number of rotatable bonds is 5. The number of Topliss-reactive ketones (excluding diaryl/α,β-unsaturated/α-hetero) is 1. The number of carbonyl (C=O) groups is 2. The number of hydrogen-bond donors (Lipinski definition) is 2. The number of nitrogens with one attached hydrogen (secondary N) is 2. The van der Waals surface area contributed by atoms with Crippen molar-refractivity contribution in [2.75, 3.05) is 32.7 Å². The van der Waals surface area contributed by atoms with Crippen LogP contribution in [0.4, 0.5) is 4.79 Å². The predicted octanol–water partition coefficient (Wildman–Crippen LogP) is 2.88. The maximum absolute atomic E-state index is 12.7. The molecule has 1 fully saturated rings. The minimum atomic E-state index is -0.0496. The first-order chi connectivity index (χ1) is 13.7. The molecule has 0 atom stereocenters. The molecule has 0 radical (unpaired) electrons. The number of fused-ring (bicyclic) bond motifs is 1. The van der Waals surface area contributed by atoms with Crippen LogP contribution in [0.1, 0.15) is 15.9 Å². The van der Waals surface area contributed by atoms with Gasteiger partial charge in [-0.2, -0.15) is 0 Å². The minimum Gasteiger partial charge on any atom is -0.360 e. The highest BCUT2D eigenvalue weighted by atomic mass is 16.2. The Hall–Kier alpha value is -3.12. The molecule has 1 saturated heterocycles. The van der Waals surface area contributed by atoms with Crippen molar-refractivity contribution in [1.29, 1.82) is 0 Å². The maximum Gasteiger partial charge on any atom is 0.317 e. The zero-order chi connectivity index (χ0) is 19.3. The normalized spacial score (nSPS) is 14.9. The van der Waals surface area contributed by atoms with Crippen molar-refractivity contribution in [3.63, 3.8) is 0 Å². The van der Waals surface area contributed by atoms with E-state index in [4.69, 9.17) is 0 Å². The molecule has 6 heteroatoms. The Bertz CT molecular complexity index is 959. The van der Waals surface area contributed by atoms with E-state index in [-0.39, 0.29) is 11.8 Å². The summed E-state index contributed by atoms with van der Waals surface area (Å²) in [4.78, 5) is 32.2. The fraction of sp³-hybridized carbons (Fsp3) is 0.273. The molecule has 1 aliphatic rings. The van der Waals surface area contributed by atoms with Crippen molar-refractivity contribution in [1.82, 2.24) is 20.1 Å². The number of benzene rings is 2. The summed E-state index contributed by atoms with van der Waals surface area (Å²) in [6.07, 6.45) is 1.79. The lowest BCUT2D eigenvalue weighted by molar-refractivity contribution is 0.0880. The van der Waals surface area contributed by atoms with E-state index in [1.54, 1.807) is 6.20 Å². The Labute approximate surface area is 164 Å². The molecule has 1 aromatic heterocycles. The number of piperazine rings is 1. The van der Waals surface area contributed by atoms with Gasteiger partial charge < -0.3 is 15.2 Å². The van der Waals surface area contributed by atoms with Crippen LogP contribution in [-0.2, 0) is 6.54 Å². The number of nitrogens with zero attached hydrogens (tertiary/aromatic N) is 2. The van der Waals surface area contributed by atoms with E-state index in [1.165, 1.54) is 0 Å². The standard InChI is InChI=1S/C22H24N4O2/c27-21(19-15-23-20-9-5-4-8-18(19)20)16-25-10-12-26(13-11-25)22(28)24-14-17-6-2-1-3-7-17/h1-9,15,23H,10-14,16H2,(H,24,28). The Balaban J connectivity index is 1.27. The SMILES string of the molecule is O=C(CN1CCN(C(=O)NCc2ccccc2)CC1)c1c[nH]c2ccccc12. The molecule has 0 bridgehead atoms. The third kappa shape index (κ3) is 4.07. The van der Waals surface area contributed by atoms with Gasteiger partial charge in [0, 0.05) is 55.4 Å². The summed E-state index contributed by atoms with van der Waals surface area (Å²) in [5.41, 5.74) is 2.79. The van der Waals surface area contributed by atoms with Crippen LogP contribution in [0.2, 0.25) is 0 Å². The van der Waals surface area contributed by atoms with E-state index in [9.17, 15) is 9.59 Å². The highest BCUT2D eigenvalue weighted by molar-refractivity contribution is 6.08. The van der Waals surface area contributed by atoms with Crippen LogP contribution in [0.5, 0.6) is 0 Å². The highest BCUT2D eigenvalue weighted by Gasteiger charge is 2.23. The van der Waals surface area contributed by atoms with Gasteiger partial charge in [0.2, 0.25) is 0 Å². The van der Waals surface area contributed by atoms with Gasteiger partial charge in [-0.1, -0.05) is 48.5 Å². The van der Waals surface area contributed by atoms with E-state index in [0.717, 1.165) is 22.0 Å². The van der Waals surface area contributed by atoms with Gasteiger partial charge in [-0.05, 0) is 11.6 Å². The lowest BCUT2D eigenvalue weighted by Crippen LogP contribution is -2.52. The van der Waals surface area contributed by atoms with Gasteiger partial charge in [0.1, 0.15) is 0 Å². The number of para-hydroxylation sites is 1. The Kier molecular flexibility index (Phi) is 5.39. The molecule has 0 saturated carbocycles. The molecule has 3 aromatic rings. The Morgan fingerprint density at radius 1 is 0.929 bits per heavy atom. The maximum atomic E-state index is 12.7. The number of urea groups is 1. The molecule has 2 N–H and O–H groups in total. The fourth-order valence-corrected chi connectivity index (χ4v) is 3.58. The monoisotopic (exact) mass is 376 g/mol. The first-order valence-electron chi connectivity index (χ1n) is 9.59. The zero-order valence-electron chi connectivity index (χ0n) is 15.7. The van der Waals surface area contributed by atoms with Crippen LogP contribution in [0.3, 0.4) is 0 Å². The van der Waals surface area contributed by atoms with E-state index in [2.05, 4.69) is 15.2 Å². The van der Waals surface area contributed by atoms with Gasteiger partial charge in [-0.25, -0.2) is 4.79 Å². The molecule has 28 heavy (non-hydrogen) atoms. The number of hydrogen-bond acceptors (Lipinski definition) is 3. The second-order valence-electron chi connectivity index (χ2n) is 7.08. The van der Waals surface area contributed by atoms with Crippen LogP contribution >= 0.6 is 0 Å². The summed E-state index contributed by atoms with van der Waals surface area (Å²) >= 11 is 0. The van der Waals surface area contributed by atoms with Crippen molar-refractivity contribution in [3.8, 4) is 0 Å². The van der Waals surface area contributed by atoms with Crippen molar-refractivity contribution < 1.29 is 9.59 Å². The first kappa shape index (κ1) is 18.3. The summed E-state index contributed by atoms with van der Waals surface area (Å²) in [7, 11) is 0. The lowest BCUT2D eigenvalue weighted by atomic mass is 10.1. The predicted molar refractivity (Wildman–Crippen MR) is 109 cm³/mol. The van der Waals surface area contributed by atoms with E-state index < -0.39 is 0 Å². The average Bonchev–Trinajstić information content (AvgIpc) is 3.18. The molecule has 2 amide bonds. The second kappa shape index (κ2) is 8.27. The van der Waals surface area contributed by atoms with Gasteiger partial charge in [-0.3, -0.25) is 9.69 Å². The van der Waals surface area contributed by atoms with E-state index >= 15 is 0 Å². The van der Waals surface area contributed by atoms with Crippen LogP contribution in [0, 0.1) is 0 Å². The summed E-state index contributed by atoms with van der Waals surface area (Å²) in [5.74, 6) is 0.111. The minimum absolute atomic E-state index is 0.0496. The fourth-order valence-electron chi connectivity index (χ4n) is 3.58. The van der Waals surface area contributed by atoms with Crippen molar-refractivity contribution in [2.45, 2.75) is 6.54 Å². The van der Waals surface area contributed by atoms with Crippen LogP contribution in [0.15, 0.2) is 60.8 Å². The topological polar surface area (TPSA) is 68.4 Å². The van der Waals surface area contributed by atoms with Crippen molar-refractivity contribution in [3.05, 3.63) is 71.9 Å². The molecule has 2 heterocycles. The Morgan fingerprint density at radius 2 is 1.64 bits per heavy atom. The quantitative estimate of drug-likeness (QED) is 0.673. The first-order valence-corrected chi connectivity index (χ1v) is 9.59. The number of H-pyrrole nitrogens is 1. The second-order valence-corrected chi connectivity index (χ2v) is 7.08. The zero-order valence-corrected chi connectivity index (χ0v) is 15.7. The molecule has 0 aliphatic carbocycles. The summed E-state index contributed by atoms with van der Waals surface area (Å²) < 4.78 is 0. The highest BCUT2D eigenvalue weighted by Crippen LogP contribution is 2.18. The molecular formula is C22H24N4O2. The third-order valence-corrected chi connectivity index (χ3v) is 5.20. The molecule has 0 spiro atoms. The van der Waals surface area contributed by atoms with Gasteiger partial charge in [-0.15, -0.1) is 0 Å². The Morgan fingerprint density at radius 3 is 2.43 bits per heavy atom. The van der Waals surface area contributed by atoms with E-state index in [1.807, 2.05) is 59.5 Å². The van der Waals surface area contributed by atoms with E-state index in [0.29, 0.717) is 39.3 Å². The van der Waals surface area contributed by atoms with Crippen molar-refractivity contribution in [2.24, 2.45) is 0 Å². The van der Waals surface area contributed by atoms with Gasteiger partial charge in [0.15, 0.2) is 5.78 Å². The average molecular weight is 376 g/mol.